The summed E-state index contributed by atoms with van der Waals surface area (Å²) >= 11 is 0. The lowest BCUT2D eigenvalue weighted by atomic mass is 9.92. The minimum atomic E-state index is -4.08. The van der Waals surface area contributed by atoms with Gasteiger partial charge in [0, 0.05) is 47.8 Å². The smallest absolute Gasteiger partial charge is 0.389 e. The van der Waals surface area contributed by atoms with Gasteiger partial charge in [0.1, 0.15) is 0 Å². The number of fused-ring (bicyclic) bond motifs is 6. The Morgan fingerprint density at radius 2 is 1.55 bits per heavy atom. The minimum absolute atomic E-state index is 0.533. The molecule has 0 atom stereocenters. The fourth-order valence-corrected chi connectivity index (χ4v) is 4.95. The van der Waals surface area contributed by atoms with Gasteiger partial charge in [0.05, 0.1) is 16.3 Å². The SMILES string of the molecule is CN(C)/C=c1\c2ccccc2c2n1[B-](F)(F)[N+]1=c3c(cccc3=2)-c2ccccc21. The molecule has 2 aliphatic rings. The Labute approximate surface area is 165 Å². The van der Waals surface area contributed by atoms with Crippen LogP contribution in [0.25, 0.3) is 28.1 Å². The van der Waals surface area contributed by atoms with Crippen molar-refractivity contribution in [2.45, 2.75) is 0 Å². The van der Waals surface area contributed by atoms with Gasteiger partial charge in [0.25, 0.3) is 0 Å². The van der Waals surface area contributed by atoms with Crippen molar-refractivity contribution in [3.8, 4) is 11.1 Å². The molecule has 0 saturated heterocycles. The van der Waals surface area contributed by atoms with Crippen LogP contribution in [0.5, 0.6) is 0 Å². The molecule has 0 radical (unpaired) electrons. The maximum atomic E-state index is 16.3. The molecule has 0 saturated carbocycles. The first kappa shape index (κ1) is 16.5. The van der Waals surface area contributed by atoms with Crippen molar-refractivity contribution in [1.29, 1.82) is 0 Å². The number of para-hydroxylation sites is 2. The Morgan fingerprint density at radius 3 is 2.34 bits per heavy atom. The third-order valence-corrected chi connectivity index (χ3v) is 5.95. The lowest BCUT2D eigenvalue weighted by Crippen LogP contribution is -2.57. The van der Waals surface area contributed by atoms with Gasteiger partial charge in [-0.1, -0.05) is 42.5 Å². The molecule has 0 fully saturated rings. The van der Waals surface area contributed by atoms with Crippen LogP contribution in [-0.4, -0.2) is 30.4 Å². The number of benzene rings is 3. The Hall–Kier alpha value is -3.41. The van der Waals surface area contributed by atoms with Crippen molar-refractivity contribution >= 4 is 29.6 Å². The second-order valence-electron chi connectivity index (χ2n) is 7.92. The molecule has 6 rings (SSSR count). The molecule has 3 aromatic carbocycles. The zero-order valence-corrected chi connectivity index (χ0v) is 16.1. The van der Waals surface area contributed by atoms with E-state index in [1.807, 2.05) is 79.7 Å². The van der Waals surface area contributed by atoms with Crippen LogP contribution >= 0.6 is 0 Å². The number of aromatic nitrogens is 1. The summed E-state index contributed by atoms with van der Waals surface area (Å²) in [6, 6.07) is 21.0. The summed E-state index contributed by atoms with van der Waals surface area (Å²) in [6.45, 7) is -4.08. The standard InChI is InChI=1S/C23H18BF2N3/c1-27(2)14-21-16-9-3-4-10-17(16)23-19-12-7-11-18-15-8-5-6-13-20(15)28(22(18)19)24(25,26)29(21)23/h3-14H,1-2H3/b21-14+. The van der Waals surface area contributed by atoms with Crippen molar-refractivity contribution < 1.29 is 8.63 Å². The molecule has 6 heteroatoms. The van der Waals surface area contributed by atoms with Crippen molar-refractivity contribution in [2.24, 2.45) is 0 Å². The molecule has 0 unspecified atom stereocenters. The molecular weight excluding hydrogens is 367 g/mol. The first-order chi connectivity index (χ1) is 14.0. The molecular formula is C23H18BF2N3. The molecule has 29 heavy (non-hydrogen) atoms. The molecule has 2 aliphatic heterocycles. The number of rotatable bonds is 1. The monoisotopic (exact) mass is 385 g/mol. The molecule has 0 spiro atoms. The fraction of sp³-hybridized carbons (Fsp3) is 0.0870. The van der Waals surface area contributed by atoms with Crippen molar-refractivity contribution in [1.82, 2.24) is 13.9 Å². The largest absolute Gasteiger partial charge is 0.738 e. The molecule has 142 valence electrons. The number of hydrogen-bond acceptors (Lipinski definition) is 1. The highest BCUT2D eigenvalue weighted by molar-refractivity contribution is 6.64. The van der Waals surface area contributed by atoms with Crippen LogP contribution in [0.4, 0.5) is 14.3 Å². The summed E-state index contributed by atoms with van der Waals surface area (Å²) in [5.74, 6) is 0. The molecule has 1 aromatic heterocycles. The maximum Gasteiger partial charge on any atom is 0.738 e. The molecule has 0 aliphatic carbocycles. The van der Waals surface area contributed by atoms with Crippen molar-refractivity contribution in [2.75, 3.05) is 14.1 Å². The Morgan fingerprint density at radius 1 is 0.862 bits per heavy atom. The topological polar surface area (TPSA) is 11.2 Å². The molecule has 3 heterocycles. The first-order valence-corrected chi connectivity index (χ1v) is 9.69. The normalized spacial score (nSPS) is 16.0. The van der Waals surface area contributed by atoms with Gasteiger partial charge in [0.15, 0.2) is 11.0 Å². The zero-order valence-electron chi connectivity index (χ0n) is 16.1. The van der Waals surface area contributed by atoms with E-state index in [1.165, 1.54) is 8.96 Å². The van der Waals surface area contributed by atoms with Gasteiger partial charge in [-0.25, -0.2) is 0 Å². The molecule has 0 amide bonds. The van der Waals surface area contributed by atoms with Crippen molar-refractivity contribution in [3.63, 3.8) is 0 Å². The third kappa shape index (κ3) is 1.93. The highest BCUT2D eigenvalue weighted by Gasteiger charge is 2.51. The van der Waals surface area contributed by atoms with Crippen LogP contribution in [0.1, 0.15) is 0 Å². The van der Waals surface area contributed by atoms with Crippen LogP contribution in [0.2, 0.25) is 0 Å². The Balaban J connectivity index is 2.00. The van der Waals surface area contributed by atoms with E-state index >= 15 is 8.63 Å². The fourth-order valence-electron chi connectivity index (χ4n) is 4.95. The summed E-state index contributed by atoms with van der Waals surface area (Å²) < 4.78 is 35.2. The summed E-state index contributed by atoms with van der Waals surface area (Å²) in [5.41, 5.74) is 2.30. The van der Waals surface area contributed by atoms with E-state index in [4.69, 9.17) is 0 Å². The summed E-state index contributed by atoms with van der Waals surface area (Å²) in [7, 11) is 3.72. The van der Waals surface area contributed by atoms with Gasteiger partial charge in [-0.3, -0.25) is 0 Å². The highest BCUT2D eigenvalue weighted by atomic mass is 19.2. The molecule has 0 N–H and O–H groups in total. The van der Waals surface area contributed by atoms with E-state index in [2.05, 4.69) is 0 Å². The molecule has 0 bridgehead atoms. The number of nitrogens with zero attached hydrogens (tertiary/aromatic N) is 3. The predicted octanol–water partition coefficient (Wildman–Crippen LogP) is 3.27. The van der Waals surface area contributed by atoms with Crippen LogP contribution in [-0.2, 0) is 0 Å². The van der Waals surface area contributed by atoms with Gasteiger partial charge >= 0.3 is 6.97 Å². The summed E-state index contributed by atoms with van der Waals surface area (Å²) in [4.78, 5) is 1.82. The van der Waals surface area contributed by atoms with Crippen LogP contribution in [0, 0.1) is 10.6 Å². The molecule has 4 aromatic rings. The minimum Gasteiger partial charge on any atom is -0.389 e. The van der Waals surface area contributed by atoms with Gasteiger partial charge in [-0.05, 0) is 18.2 Å². The van der Waals surface area contributed by atoms with Crippen molar-refractivity contribution in [3.05, 3.63) is 88.0 Å². The van der Waals surface area contributed by atoms with E-state index in [9.17, 15) is 0 Å². The maximum absolute atomic E-state index is 16.3. The number of halogens is 2. The highest BCUT2D eigenvalue weighted by Crippen LogP contribution is 2.36. The van der Waals surface area contributed by atoms with Crippen LogP contribution < -0.4 is 15.2 Å². The van der Waals surface area contributed by atoms with E-state index in [1.54, 1.807) is 12.3 Å². The average Bonchev–Trinajstić information content (AvgIpc) is 3.22. The summed E-state index contributed by atoms with van der Waals surface area (Å²) in [5, 5.41) is 4.29. The van der Waals surface area contributed by atoms with E-state index in [0.29, 0.717) is 21.7 Å². The van der Waals surface area contributed by atoms with Gasteiger partial charge in [-0.2, -0.15) is 0 Å². The van der Waals surface area contributed by atoms with E-state index < -0.39 is 6.97 Å². The van der Waals surface area contributed by atoms with Crippen LogP contribution in [0.3, 0.4) is 0 Å². The van der Waals surface area contributed by atoms with Crippen LogP contribution in [0.15, 0.2) is 66.7 Å². The Bertz CT molecular complexity index is 1570. The second-order valence-corrected chi connectivity index (χ2v) is 7.92. The third-order valence-electron chi connectivity index (χ3n) is 5.95. The first-order valence-electron chi connectivity index (χ1n) is 9.69. The second kappa shape index (κ2) is 5.35. The van der Waals surface area contributed by atoms with Gasteiger partial charge < -0.3 is 22.5 Å². The predicted molar refractivity (Wildman–Crippen MR) is 113 cm³/mol. The Kier molecular flexibility index (Phi) is 3.05. The average molecular weight is 385 g/mol. The van der Waals surface area contributed by atoms with E-state index in [-0.39, 0.29) is 0 Å². The lowest BCUT2D eigenvalue weighted by molar-refractivity contribution is 0.513. The number of hydrogen-bond donors (Lipinski definition) is 0. The molecule has 3 nitrogen and oxygen atoms in total. The summed E-state index contributed by atoms with van der Waals surface area (Å²) in [6.07, 6.45) is 1.79. The lowest BCUT2D eigenvalue weighted by Gasteiger charge is -2.25. The quantitative estimate of drug-likeness (QED) is 0.458. The zero-order chi connectivity index (χ0) is 19.9. The van der Waals surface area contributed by atoms with Gasteiger partial charge in [-0.15, -0.1) is 0 Å². The van der Waals surface area contributed by atoms with Gasteiger partial charge in [0.2, 0.25) is 0 Å². The van der Waals surface area contributed by atoms with E-state index in [0.717, 1.165) is 27.1 Å².